The number of aromatic nitrogens is 4. The summed E-state index contributed by atoms with van der Waals surface area (Å²) in [4.78, 5) is 11.9. The molecule has 2 N–H and O–H groups in total. The second-order valence-corrected chi connectivity index (χ2v) is 5.37. The number of hydrogen-bond acceptors (Lipinski definition) is 3. The molecule has 7 heteroatoms. The van der Waals surface area contributed by atoms with Gasteiger partial charge in [-0.15, -0.1) is 0 Å². The van der Waals surface area contributed by atoms with Crippen LogP contribution in [-0.2, 0) is 7.05 Å². The number of rotatable bonds is 2. The third kappa shape index (κ3) is 2.00. The van der Waals surface area contributed by atoms with Crippen LogP contribution in [0.1, 0.15) is 0 Å². The van der Waals surface area contributed by atoms with Crippen LogP contribution in [0.15, 0.2) is 36.5 Å². The maximum Gasteiger partial charge on any atom is 0.208 e. The first-order valence-electron chi connectivity index (χ1n) is 6.64. The number of aryl methyl sites for hydroxylation is 1. The SMILES string of the molecule is Cn1c(Nc2c[nH]c3ccc(Cl)nc23)nc2ccc(F)cc21. The molecule has 0 unspecified atom stereocenters. The van der Waals surface area contributed by atoms with Gasteiger partial charge in [0.25, 0.3) is 0 Å². The molecule has 0 aliphatic rings. The van der Waals surface area contributed by atoms with E-state index in [0.29, 0.717) is 16.6 Å². The topological polar surface area (TPSA) is 58.5 Å². The molecule has 3 heterocycles. The van der Waals surface area contributed by atoms with Gasteiger partial charge in [-0.3, -0.25) is 0 Å². The lowest BCUT2D eigenvalue weighted by Crippen LogP contribution is -1.98. The Morgan fingerprint density at radius 2 is 2.09 bits per heavy atom. The van der Waals surface area contributed by atoms with Crippen molar-refractivity contribution in [3.8, 4) is 0 Å². The minimum atomic E-state index is -0.289. The highest BCUT2D eigenvalue weighted by Gasteiger charge is 2.12. The van der Waals surface area contributed by atoms with Crippen LogP contribution >= 0.6 is 11.6 Å². The molecular weight excluding hydrogens is 305 g/mol. The number of nitrogens with one attached hydrogen (secondary N) is 2. The highest BCUT2D eigenvalue weighted by atomic mass is 35.5. The van der Waals surface area contributed by atoms with Gasteiger partial charge in [-0.05, 0) is 30.3 Å². The Kier molecular flexibility index (Phi) is 2.80. The maximum atomic E-state index is 13.4. The number of hydrogen-bond donors (Lipinski definition) is 2. The highest BCUT2D eigenvalue weighted by molar-refractivity contribution is 6.29. The summed E-state index contributed by atoms with van der Waals surface area (Å²) in [6.45, 7) is 0. The number of aromatic amines is 1. The molecule has 22 heavy (non-hydrogen) atoms. The zero-order chi connectivity index (χ0) is 15.3. The molecule has 0 saturated heterocycles. The lowest BCUT2D eigenvalue weighted by molar-refractivity contribution is 0.629. The molecular formula is C15H11ClFN5. The first kappa shape index (κ1) is 13.1. The maximum absolute atomic E-state index is 13.4. The summed E-state index contributed by atoms with van der Waals surface area (Å²) in [6.07, 6.45) is 1.80. The first-order valence-corrected chi connectivity index (χ1v) is 7.02. The normalized spacial score (nSPS) is 11.4. The minimum absolute atomic E-state index is 0.289. The van der Waals surface area contributed by atoms with E-state index in [4.69, 9.17) is 11.6 Å². The smallest absolute Gasteiger partial charge is 0.208 e. The summed E-state index contributed by atoms with van der Waals surface area (Å²) >= 11 is 5.95. The van der Waals surface area contributed by atoms with Crippen molar-refractivity contribution in [1.29, 1.82) is 0 Å². The number of H-pyrrole nitrogens is 1. The van der Waals surface area contributed by atoms with Gasteiger partial charge < -0.3 is 14.9 Å². The summed E-state index contributed by atoms with van der Waals surface area (Å²) in [7, 11) is 1.83. The fourth-order valence-electron chi connectivity index (χ4n) is 2.47. The van der Waals surface area contributed by atoms with Crippen LogP contribution in [0.5, 0.6) is 0 Å². The Morgan fingerprint density at radius 1 is 1.23 bits per heavy atom. The molecule has 1 aromatic carbocycles. The van der Waals surface area contributed by atoms with E-state index in [0.717, 1.165) is 22.2 Å². The second kappa shape index (κ2) is 4.71. The summed E-state index contributed by atoms with van der Waals surface area (Å²) in [5.74, 6) is 0.311. The quantitative estimate of drug-likeness (QED) is 0.550. The van der Waals surface area contributed by atoms with Crippen molar-refractivity contribution < 1.29 is 4.39 Å². The van der Waals surface area contributed by atoms with Gasteiger partial charge in [0, 0.05) is 13.2 Å². The summed E-state index contributed by atoms with van der Waals surface area (Å²) in [6, 6.07) is 8.09. The summed E-state index contributed by atoms with van der Waals surface area (Å²) in [5.41, 5.74) is 3.80. The number of imidazole rings is 1. The van der Waals surface area contributed by atoms with E-state index in [1.807, 2.05) is 13.1 Å². The van der Waals surface area contributed by atoms with Crippen molar-refractivity contribution >= 4 is 45.3 Å². The number of benzene rings is 1. The Bertz CT molecular complexity index is 1000. The predicted molar refractivity (Wildman–Crippen MR) is 85.1 cm³/mol. The van der Waals surface area contributed by atoms with Gasteiger partial charge in [-0.2, -0.15) is 0 Å². The zero-order valence-electron chi connectivity index (χ0n) is 11.6. The molecule has 0 saturated carbocycles. The first-order chi connectivity index (χ1) is 10.6. The zero-order valence-corrected chi connectivity index (χ0v) is 12.3. The molecule has 0 aliphatic heterocycles. The second-order valence-electron chi connectivity index (χ2n) is 4.98. The van der Waals surface area contributed by atoms with E-state index in [9.17, 15) is 4.39 Å². The average molecular weight is 316 g/mol. The lowest BCUT2D eigenvalue weighted by atomic mass is 10.3. The van der Waals surface area contributed by atoms with Crippen LogP contribution in [0.4, 0.5) is 16.0 Å². The van der Waals surface area contributed by atoms with Crippen LogP contribution in [0, 0.1) is 5.82 Å². The third-order valence-electron chi connectivity index (χ3n) is 3.58. The van der Waals surface area contributed by atoms with Crippen LogP contribution in [0.25, 0.3) is 22.1 Å². The van der Waals surface area contributed by atoms with E-state index < -0.39 is 0 Å². The van der Waals surface area contributed by atoms with Gasteiger partial charge in [0.15, 0.2) is 0 Å². The molecule has 5 nitrogen and oxygen atoms in total. The van der Waals surface area contributed by atoms with E-state index in [1.165, 1.54) is 12.1 Å². The van der Waals surface area contributed by atoms with Gasteiger partial charge in [0.05, 0.1) is 22.2 Å². The molecule has 110 valence electrons. The van der Waals surface area contributed by atoms with Crippen LogP contribution in [0.3, 0.4) is 0 Å². The van der Waals surface area contributed by atoms with E-state index >= 15 is 0 Å². The van der Waals surface area contributed by atoms with Crippen molar-refractivity contribution in [2.45, 2.75) is 0 Å². The Hall–Kier alpha value is -2.60. The summed E-state index contributed by atoms with van der Waals surface area (Å²) < 4.78 is 15.2. The molecule has 4 aromatic rings. The van der Waals surface area contributed by atoms with Crippen molar-refractivity contribution in [2.24, 2.45) is 7.05 Å². The third-order valence-corrected chi connectivity index (χ3v) is 3.79. The van der Waals surface area contributed by atoms with Gasteiger partial charge in [0.2, 0.25) is 5.95 Å². The van der Waals surface area contributed by atoms with Gasteiger partial charge in [-0.1, -0.05) is 11.6 Å². The van der Waals surface area contributed by atoms with E-state index in [1.54, 1.807) is 22.9 Å². The van der Waals surface area contributed by atoms with Crippen molar-refractivity contribution in [2.75, 3.05) is 5.32 Å². The van der Waals surface area contributed by atoms with Crippen molar-refractivity contribution in [3.63, 3.8) is 0 Å². The van der Waals surface area contributed by atoms with Gasteiger partial charge in [0.1, 0.15) is 16.5 Å². The van der Waals surface area contributed by atoms with Crippen LogP contribution < -0.4 is 5.32 Å². The number of pyridine rings is 1. The monoisotopic (exact) mass is 315 g/mol. The molecule has 0 atom stereocenters. The number of nitrogens with zero attached hydrogens (tertiary/aromatic N) is 3. The number of halogens is 2. The standard InChI is InChI=1S/C15H11ClFN5/c1-22-12-6-8(17)2-3-9(12)19-15(22)20-11-7-18-10-4-5-13(16)21-14(10)11/h2-7,18H,1H3,(H,19,20). The molecule has 4 rings (SSSR count). The van der Waals surface area contributed by atoms with Gasteiger partial charge >= 0.3 is 0 Å². The lowest BCUT2D eigenvalue weighted by Gasteiger charge is -2.04. The minimum Gasteiger partial charge on any atom is -0.358 e. The fraction of sp³-hybridized carbons (Fsp3) is 0.0667. The van der Waals surface area contributed by atoms with Crippen LogP contribution in [-0.4, -0.2) is 19.5 Å². The largest absolute Gasteiger partial charge is 0.358 e. The van der Waals surface area contributed by atoms with Crippen LogP contribution in [0.2, 0.25) is 5.15 Å². The Morgan fingerprint density at radius 3 is 2.95 bits per heavy atom. The molecule has 0 bridgehead atoms. The van der Waals surface area contributed by atoms with E-state index in [2.05, 4.69) is 20.3 Å². The average Bonchev–Trinajstić information content (AvgIpc) is 3.02. The molecule has 3 aromatic heterocycles. The molecule has 0 fully saturated rings. The molecule has 0 aliphatic carbocycles. The fourth-order valence-corrected chi connectivity index (χ4v) is 2.61. The van der Waals surface area contributed by atoms with Crippen molar-refractivity contribution in [3.05, 3.63) is 47.5 Å². The molecule has 0 amide bonds. The number of fused-ring (bicyclic) bond motifs is 2. The highest BCUT2D eigenvalue weighted by Crippen LogP contribution is 2.27. The summed E-state index contributed by atoms with van der Waals surface area (Å²) in [5, 5.41) is 3.63. The van der Waals surface area contributed by atoms with E-state index in [-0.39, 0.29) is 5.82 Å². The predicted octanol–water partition coefficient (Wildman–Crippen LogP) is 3.99. The van der Waals surface area contributed by atoms with Gasteiger partial charge in [-0.25, -0.2) is 14.4 Å². The number of anilines is 2. The molecule has 0 spiro atoms. The molecule has 0 radical (unpaired) electrons. The van der Waals surface area contributed by atoms with Crippen molar-refractivity contribution in [1.82, 2.24) is 19.5 Å². The Balaban J connectivity index is 1.82. The Labute approximate surface area is 129 Å².